The number of aliphatic hydroxyl groups is 1. The number of hydrogen-bond acceptors (Lipinski definition) is 8. The molecular formula is C19H23N7O3. The predicted molar refractivity (Wildman–Crippen MR) is 108 cm³/mol. The van der Waals surface area contributed by atoms with Crippen molar-refractivity contribution in [1.82, 2.24) is 25.3 Å². The van der Waals surface area contributed by atoms with Crippen molar-refractivity contribution in [3.8, 4) is 11.3 Å². The summed E-state index contributed by atoms with van der Waals surface area (Å²) in [5, 5.41) is 14.2. The molecule has 3 aromatic rings. The van der Waals surface area contributed by atoms with Gasteiger partial charge in [0.15, 0.2) is 0 Å². The molecule has 0 spiro atoms. The number of anilines is 2. The molecule has 0 saturated carbocycles. The SMILES string of the molecule is CCOCC(=O)NC1CN(c2ccnc3[nH]cc(-c4ccnc(N)n4)c23)CC1O. The first-order valence-electron chi connectivity index (χ1n) is 9.42. The van der Waals surface area contributed by atoms with Crippen LogP contribution in [0.25, 0.3) is 22.3 Å². The van der Waals surface area contributed by atoms with Gasteiger partial charge in [-0.15, -0.1) is 0 Å². The van der Waals surface area contributed by atoms with Crippen LogP contribution in [0.3, 0.4) is 0 Å². The molecule has 2 unspecified atom stereocenters. The van der Waals surface area contributed by atoms with Crippen LogP contribution in [0.4, 0.5) is 11.6 Å². The number of nitrogens with zero attached hydrogens (tertiary/aromatic N) is 4. The quantitative estimate of drug-likeness (QED) is 0.465. The maximum atomic E-state index is 12.0. The summed E-state index contributed by atoms with van der Waals surface area (Å²) in [4.78, 5) is 29.8. The van der Waals surface area contributed by atoms with E-state index in [4.69, 9.17) is 10.5 Å². The Kier molecular flexibility index (Phi) is 5.28. The van der Waals surface area contributed by atoms with Crippen LogP contribution in [-0.4, -0.2) is 69.4 Å². The van der Waals surface area contributed by atoms with E-state index in [1.54, 1.807) is 18.5 Å². The van der Waals surface area contributed by atoms with Gasteiger partial charge in [0.05, 0.1) is 28.9 Å². The van der Waals surface area contributed by atoms with Crippen LogP contribution in [0.2, 0.25) is 0 Å². The second-order valence-corrected chi connectivity index (χ2v) is 6.84. The van der Waals surface area contributed by atoms with Crippen molar-refractivity contribution in [2.24, 2.45) is 0 Å². The number of carbonyl (C=O) groups is 1. The Balaban J connectivity index is 1.63. The standard InChI is InChI=1S/C19H23N7O3/c1-2-29-10-16(28)24-13-8-26(9-15(13)27)14-4-6-21-18-17(14)11(7-23-18)12-3-5-22-19(20)25-12/h3-7,13,15,27H,2,8-10H2,1H3,(H,21,23)(H,24,28)(H2,20,22,25). The van der Waals surface area contributed by atoms with Gasteiger partial charge in [-0.1, -0.05) is 0 Å². The first kappa shape index (κ1) is 19.1. The van der Waals surface area contributed by atoms with Crippen LogP contribution in [0.15, 0.2) is 30.7 Å². The Labute approximate surface area is 167 Å². The van der Waals surface area contributed by atoms with E-state index in [1.165, 1.54) is 0 Å². The average Bonchev–Trinajstić information content (AvgIpc) is 3.30. The molecule has 4 rings (SSSR count). The Morgan fingerprint density at radius 3 is 3.00 bits per heavy atom. The molecule has 3 aromatic heterocycles. The number of nitrogens with two attached hydrogens (primary N) is 1. The van der Waals surface area contributed by atoms with Gasteiger partial charge in [-0.3, -0.25) is 4.79 Å². The molecule has 5 N–H and O–H groups in total. The smallest absolute Gasteiger partial charge is 0.246 e. The van der Waals surface area contributed by atoms with E-state index < -0.39 is 6.10 Å². The van der Waals surface area contributed by atoms with E-state index in [9.17, 15) is 9.90 Å². The number of ether oxygens (including phenoxy) is 1. The number of aliphatic hydroxyl groups excluding tert-OH is 1. The maximum absolute atomic E-state index is 12.0. The molecule has 0 aromatic carbocycles. The fraction of sp³-hybridized carbons (Fsp3) is 0.368. The minimum absolute atomic E-state index is 0.0175. The van der Waals surface area contributed by atoms with Gasteiger partial charge in [-0.25, -0.2) is 15.0 Å². The molecule has 1 aliphatic heterocycles. The fourth-order valence-corrected chi connectivity index (χ4v) is 3.60. The van der Waals surface area contributed by atoms with E-state index in [2.05, 4.69) is 25.3 Å². The first-order chi connectivity index (χ1) is 14.1. The lowest BCUT2D eigenvalue weighted by Crippen LogP contribution is -2.44. The number of aromatic nitrogens is 4. The Bertz CT molecular complexity index is 1020. The largest absolute Gasteiger partial charge is 0.389 e. The maximum Gasteiger partial charge on any atom is 0.246 e. The summed E-state index contributed by atoms with van der Waals surface area (Å²) in [6, 6.07) is 3.29. The third kappa shape index (κ3) is 3.84. The summed E-state index contributed by atoms with van der Waals surface area (Å²) >= 11 is 0. The summed E-state index contributed by atoms with van der Waals surface area (Å²) in [6.07, 6.45) is 4.45. The Hall–Kier alpha value is -3.24. The molecule has 1 saturated heterocycles. The van der Waals surface area contributed by atoms with Gasteiger partial charge in [-0.2, -0.15) is 0 Å². The molecule has 2 atom stereocenters. The Morgan fingerprint density at radius 2 is 2.21 bits per heavy atom. The average molecular weight is 397 g/mol. The van der Waals surface area contributed by atoms with Crippen molar-refractivity contribution in [2.45, 2.75) is 19.1 Å². The minimum Gasteiger partial charge on any atom is -0.389 e. The van der Waals surface area contributed by atoms with Crippen molar-refractivity contribution in [2.75, 3.05) is 36.9 Å². The van der Waals surface area contributed by atoms with Crippen LogP contribution in [0, 0.1) is 0 Å². The van der Waals surface area contributed by atoms with Gasteiger partial charge in [0.2, 0.25) is 11.9 Å². The summed E-state index contributed by atoms with van der Waals surface area (Å²) in [7, 11) is 0. The number of aromatic amines is 1. The summed E-state index contributed by atoms with van der Waals surface area (Å²) in [5.74, 6) is -0.0487. The number of nitrogens with one attached hydrogen (secondary N) is 2. The highest BCUT2D eigenvalue weighted by atomic mass is 16.5. The molecule has 1 aliphatic rings. The highest BCUT2D eigenvalue weighted by Gasteiger charge is 2.33. The van der Waals surface area contributed by atoms with Gasteiger partial charge in [-0.05, 0) is 19.1 Å². The summed E-state index contributed by atoms with van der Waals surface area (Å²) in [6.45, 7) is 3.12. The van der Waals surface area contributed by atoms with Crippen molar-refractivity contribution in [3.63, 3.8) is 0 Å². The van der Waals surface area contributed by atoms with Gasteiger partial charge in [0.1, 0.15) is 12.3 Å². The molecule has 4 heterocycles. The van der Waals surface area contributed by atoms with E-state index >= 15 is 0 Å². The zero-order valence-electron chi connectivity index (χ0n) is 16.0. The molecule has 0 aliphatic carbocycles. The number of nitrogen functional groups attached to an aromatic ring is 1. The third-order valence-electron chi connectivity index (χ3n) is 4.92. The lowest BCUT2D eigenvalue weighted by molar-refractivity contribution is -0.126. The van der Waals surface area contributed by atoms with Crippen molar-refractivity contribution in [3.05, 3.63) is 30.7 Å². The molecule has 10 heteroatoms. The van der Waals surface area contributed by atoms with Crippen LogP contribution in [0.5, 0.6) is 0 Å². The fourth-order valence-electron chi connectivity index (χ4n) is 3.60. The van der Waals surface area contributed by atoms with Crippen LogP contribution in [0.1, 0.15) is 6.92 Å². The molecule has 0 bridgehead atoms. The lowest BCUT2D eigenvalue weighted by Gasteiger charge is -2.20. The van der Waals surface area contributed by atoms with Crippen molar-refractivity contribution in [1.29, 1.82) is 0 Å². The van der Waals surface area contributed by atoms with Crippen LogP contribution < -0.4 is 16.0 Å². The van der Waals surface area contributed by atoms with Crippen molar-refractivity contribution < 1.29 is 14.6 Å². The minimum atomic E-state index is -0.694. The van der Waals surface area contributed by atoms with Crippen LogP contribution in [-0.2, 0) is 9.53 Å². The summed E-state index contributed by atoms with van der Waals surface area (Å²) < 4.78 is 5.13. The second-order valence-electron chi connectivity index (χ2n) is 6.84. The number of amides is 1. The van der Waals surface area contributed by atoms with E-state index in [0.29, 0.717) is 31.0 Å². The molecule has 0 radical (unpaired) electrons. The summed E-state index contributed by atoms with van der Waals surface area (Å²) in [5.41, 5.74) is 8.86. The zero-order valence-corrected chi connectivity index (χ0v) is 16.0. The number of hydrogen-bond donors (Lipinski definition) is 4. The number of rotatable bonds is 6. The second kappa shape index (κ2) is 8.02. The van der Waals surface area contributed by atoms with E-state index in [-0.39, 0.29) is 24.5 Å². The number of H-pyrrole nitrogens is 1. The number of fused-ring (bicyclic) bond motifs is 1. The molecule has 1 amide bonds. The highest BCUT2D eigenvalue weighted by Crippen LogP contribution is 2.35. The molecule has 1 fully saturated rings. The van der Waals surface area contributed by atoms with E-state index in [1.807, 2.05) is 24.1 Å². The third-order valence-corrected chi connectivity index (χ3v) is 4.92. The van der Waals surface area contributed by atoms with Gasteiger partial charge in [0.25, 0.3) is 0 Å². The van der Waals surface area contributed by atoms with Gasteiger partial charge < -0.3 is 30.8 Å². The molecule has 29 heavy (non-hydrogen) atoms. The first-order valence-corrected chi connectivity index (χ1v) is 9.42. The number of pyridine rings is 1. The predicted octanol–water partition coefficient (Wildman–Crippen LogP) is 0.304. The zero-order chi connectivity index (χ0) is 20.4. The number of β-amino-alcohol motifs (C(OH)–C–C–N with tert-alkyl or cyclic N) is 1. The van der Waals surface area contributed by atoms with Gasteiger partial charge >= 0.3 is 0 Å². The van der Waals surface area contributed by atoms with Gasteiger partial charge in [0, 0.05) is 43.9 Å². The Morgan fingerprint density at radius 1 is 1.38 bits per heavy atom. The topological polar surface area (TPSA) is 142 Å². The molecule has 152 valence electrons. The normalized spacial score (nSPS) is 19.0. The molecular weight excluding hydrogens is 374 g/mol. The molecule has 10 nitrogen and oxygen atoms in total. The van der Waals surface area contributed by atoms with E-state index in [0.717, 1.165) is 16.6 Å². The monoisotopic (exact) mass is 397 g/mol. The lowest BCUT2D eigenvalue weighted by atomic mass is 10.1. The highest BCUT2D eigenvalue weighted by molar-refractivity contribution is 6.02. The van der Waals surface area contributed by atoms with Crippen LogP contribution >= 0.6 is 0 Å². The van der Waals surface area contributed by atoms with Crippen molar-refractivity contribution >= 4 is 28.6 Å². The number of carbonyl (C=O) groups excluding carboxylic acids is 1.